The number of rotatable bonds is 7. The zero-order valence-electron chi connectivity index (χ0n) is 18.0. The number of benzene rings is 1. The van der Waals surface area contributed by atoms with Gasteiger partial charge in [0.25, 0.3) is 0 Å². The fourth-order valence-electron chi connectivity index (χ4n) is 3.37. The van der Waals surface area contributed by atoms with Crippen LogP contribution in [0, 0.1) is 0 Å². The highest BCUT2D eigenvalue weighted by molar-refractivity contribution is 14.0. The van der Waals surface area contributed by atoms with Crippen LogP contribution < -0.4 is 10.6 Å². The number of carbonyl (C=O) groups excluding carboxylic acids is 1. The number of amides is 1. The largest absolute Gasteiger partial charge is 0.356 e. The van der Waals surface area contributed by atoms with E-state index in [2.05, 4.69) is 51.8 Å². The van der Waals surface area contributed by atoms with E-state index in [-0.39, 0.29) is 36.4 Å². The standard InChI is InChI=1S/C22H31N5OS.HI/c1-4-19-14-24-20(29-19)11-12-23-22(25-15-21(28)27(2)3)26-18-10-9-16-7-5-6-8-17(16)13-18;/h5-8,14,18H,4,9-13,15H2,1-3H3,(H2,23,25,26);1H. The van der Waals surface area contributed by atoms with Crippen molar-refractivity contribution in [3.63, 3.8) is 0 Å². The lowest BCUT2D eigenvalue weighted by Gasteiger charge is -2.27. The van der Waals surface area contributed by atoms with Gasteiger partial charge in [-0.15, -0.1) is 35.3 Å². The van der Waals surface area contributed by atoms with Crippen molar-refractivity contribution in [1.82, 2.24) is 20.5 Å². The molecule has 3 rings (SSSR count). The summed E-state index contributed by atoms with van der Waals surface area (Å²) in [6, 6.07) is 8.94. The molecular formula is C22H32IN5OS. The molecule has 1 aromatic heterocycles. The van der Waals surface area contributed by atoms with Gasteiger partial charge in [-0.05, 0) is 36.8 Å². The Bertz CT molecular complexity index is 852. The molecule has 2 N–H and O–H groups in total. The molecule has 30 heavy (non-hydrogen) atoms. The molecule has 164 valence electrons. The fourth-order valence-corrected chi connectivity index (χ4v) is 4.23. The van der Waals surface area contributed by atoms with Gasteiger partial charge in [-0.3, -0.25) is 4.79 Å². The van der Waals surface area contributed by atoms with Crippen molar-refractivity contribution >= 4 is 47.2 Å². The Morgan fingerprint density at radius 2 is 2.07 bits per heavy atom. The van der Waals surface area contributed by atoms with Crippen molar-refractivity contribution < 1.29 is 4.79 Å². The molecule has 1 unspecified atom stereocenters. The Morgan fingerprint density at radius 3 is 2.77 bits per heavy atom. The predicted octanol–water partition coefficient (Wildman–Crippen LogP) is 3.05. The third kappa shape index (κ3) is 7.23. The molecule has 2 aromatic rings. The van der Waals surface area contributed by atoms with Crippen LogP contribution in [-0.2, 0) is 30.5 Å². The number of hydrogen-bond acceptors (Lipinski definition) is 4. The van der Waals surface area contributed by atoms with E-state index in [1.165, 1.54) is 16.0 Å². The molecular weight excluding hydrogens is 509 g/mol. The van der Waals surface area contributed by atoms with Crippen LogP contribution in [0.2, 0.25) is 0 Å². The molecule has 1 aromatic carbocycles. The van der Waals surface area contributed by atoms with E-state index in [9.17, 15) is 4.79 Å². The van der Waals surface area contributed by atoms with E-state index in [4.69, 9.17) is 0 Å². The van der Waals surface area contributed by atoms with E-state index in [0.29, 0.717) is 12.0 Å². The van der Waals surface area contributed by atoms with Crippen molar-refractivity contribution in [2.45, 2.75) is 45.1 Å². The number of hydrogen-bond donors (Lipinski definition) is 2. The first-order chi connectivity index (χ1) is 14.0. The highest BCUT2D eigenvalue weighted by Crippen LogP contribution is 2.21. The minimum atomic E-state index is -0.00685. The summed E-state index contributed by atoms with van der Waals surface area (Å²) in [6.07, 6.45) is 6.94. The molecule has 8 heteroatoms. The number of carbonyl (C=O) groups is 1. The van der Waals surface area contributed by atoms with Crippen LogP contribution in [0.25, 0.3) is 0 Å². The average molecular weight is 542 g/mol. The minimum Gasteiger partial charge on any atom is -0.356 e. The topological polar surface area (TPSA) is 69.6 Å². The predicted molar refractivity (Wildman–Crippen MR) is 135 cm³/mol. The number of nitrogens with zero attached hydrogens (tertiary/aromatic N) is 3. The lowest BCUT2D eigenvalue weighted by atomic mass is 9.88. The van der Waals surface area contributed by atoms with Gasteiger partial charge in [0.2, 0.25) is 5.91 Å². The molecule has 0 saturated heterocycles. The zero-order valence-corrected chi connectivity index (χ0v) is 21.1. The summed E-state index contributed by atoms with van der Waals surface area (Å²) in [5.41, 5.74) is 2.84. The normalized spacial score (nSPS) is 15.7. The Balaban J connectivity index is 0.00000320. The van der Waals surface area contributed by atoms with Crippen molar-refractivity contribution in [2.75, 3.05) is 27.2 Å². The number of guanidine groups is 1. The van der Waals surface area contributed by atoms with Crippen LogP contribution in [0.5, 0.6) is 0 Å². The lowest BCUT2D eigenvalue weighted by molar-refractivity contribution is -0.127. The first-order valence-electron chi connectivity index (χ1n) is 10.3. The van der Waals surface area contributed by atoms with Gasteiger partial charge < -0.3 is 15.5 Å². The average Bonchev–Trinajstić information content (AvgIpc) is 3.19. The molecule has 0 bridgehead atoms. The Morgan fingerprint density at radius 1 is 1.30 bits per heavy atom. The molecule has 6 nitrogen and oxygen atoms in total. The summed E-state index contributed by atoms with van der Waals surface area (Å²) in [5.74, 6) is 0.699. The van der Waals surface area contributed by atoms with Gasteiger partial charge in [0, 0.05) is 44.2 Å². The number of aryl methyl sites for hydroxylation is 2. The number of thiazole rings is 1. The first-order valence-corrected chi connectivity index (χ1v) is 11.1. The van der Waals surface area contributed by atoms with Gasteiger partial charge in [-0.25, -0.2) is 9.98 Å². The maximum Gasteiger partial charge on any atom is 0.243 e. The minimum absolute atomic E-state index is 0. The molecule has 0 aliphatic heterocycles. The van der Waals surface area contributed by atoms with Crippen molar-refractivity contribution in [3.05, 3.63) is 51.5 Å². The van der Waals surface area contributed by atoms with Crippen LogP contribution in [-0.4, -0.2) is 55.0 Å². The molecule has 1 heterocycles. The number of aromatic nitrogens is 1. The number of fused-ring (bicyclic) bond motifs is 1. The van der Waals surface area contributed by atoms with Crippen LogP contribution in [0.3, 0.4) is 0 Å². The molecule has 1 aliphatic rings. The molecule has 1 amide bonds. The molecule has 1 aliphatic carbocycles. The number of aliphatic imine (C=N–C) groups is 1. The molecule has 0 saturated carbocycles. The first kappa shape index (κ1) is 24.6. The summed E-state index contributed by atoms with van der Waals surface area (Å²) in [4.78, 5) is 23.9. The van der Waals surface area contributed by atoms with E-state index in [1.807, 2.05) is 6.20 Å². The maximum atomic E-state index is 12.0. The Hall–Kier alpha value is -1.68. The monoisotopic (exact) mass is 541 g/mol. The second-order valence-electron chi connectivity index (χ2n) is 7.56. The summed E-state index contributed by atoms with van der Waals surface area (Å²) in [5, 5.41) is 8.07. The van der Waals surface area contributed by atoms with Gasteiger partial charge in [0.05, 0.1) is 5.01 Å². The third-order valence-electron chi connectivity index (χ3n) is 5.14. The summed E-state index contributed by atoms with van der Waals surface area (Å²) >= 11 is 1.76. The molecule has 0 spiro atoms. The quantitative estimate of drug-likeness (QED) is 0.321. The summed E-state index contributed by atoms with van der Waals surface area (Å²) in [7, 11) is 3.51. The number of nitrogens with one attached hydrogen (secondary N) is 2. The number of likely N-dealkylation sites (N-methyl/N-ethyl adjacent to an activating group) is 1. The molecule has 0 fully saturated rings. The maximum absolute atomic E-state index is 12.0. The fraction of sp³-hybridized carbons (Fsp3) is 0.500. The second kappa shape index (κ2) is 12.2. The molecule has 0 radical (unpaired) electrons. The lowest BCUT2D eigenvalue weighted by Crippen LogP contribution is -2.46. The van der Waals surface area contributed by atoms with Gasteiger partial charge in [0.1, 0.15) is 6.54 Å². The summed E-state index contributed by atoms with van der Waals surface area (Å²) in [6.45, 7) is 3.03. The third-order valence-corrected chi connectivity index (χ3v) is 6.34. The van der Waals surface area contributed by atoms with E-state index in [1.54, 1.807) is 30.3 Å². The van der Waals surface area contributed by atoms with E-state index < -0.39 is 0 Å². The van der Waals surface area contributed by atoms with Crippen LogP contribution in [0.15, 0.2) is 35.5 Å². The van der Waals surface area contributed by atoms with Crippen molar-refractivity contribution in [3.8, 4) is 0 Å². The van der Waals surface area contributed by atoms with Gasteiger partial charge >= 0.3 is 0 Å². The molecule has 1 atom stereocenters. The smallest absolute Gasteiger partial charge is 0.243 e. The van der Waals surface area contributed by atoms with Crippen molar-refractivity contribution in [2.24, 2.45) is 4.99 Å². The zero-order chi connectivity index (χ0) is 20.6. The van der Waals surface area contributed by atoms with Crippen LogP contribution >= 0.6 is 35.3 Å². The number of halogens is 1. The van der Waals surface area contributed by atoms with Gasteiger partial charge in [0.15, 0.2) is 5.96 Å². The highest BCUT2D eigenvalue weighted by atomic mass is 127. The Labute approximate surface area is 200 Å². The van der Waals surface area contributed by atoms with Crippen molar-refractivity contribution in [1.29, 1.82) is 0 Å². The Kier molecular flexibility index (Phi) is 10.0. The van der Waals surface area contributed by atoms with E-state index in [0.717, 1.165) is 43.7 Å². The SMILES string of the molecule is CCc1cnc(CCNC(=NCC(=O)N(C)C)NC2CCc3ccccc3C2)s1.I. The summed E-state index contributed by atoms with van der Waals surface area (Å²) < 4.78 is 0. The highest BCUT2D eigenvalue weighted by Gasteiger charge is 2.19. The van der Waals surface area contributed by atoms with E-state index >= 15 is 0 Å². The van der Waals surface area contributed by atoms with Gasteiger partial charge in [-0.1, -0.05) is 31.2 Å². The second-order valence-corrected chi connectivity index (χ2v) is 8.76. The van der Waals surface area contributed by atoms with Crippen LogP contribution in [0.1, 0.15) is 34.4 Å². The van der Waals surface area contributed by atoms with Gasteiger partial charge in [-0.2, -0.15) is 0 Å². The van der Waals surface area contributed by atoms with Crippen LogP contribution in [0.4, 0.5) is 0 Å².